The molecule has 0 aliphatic heterocycles. The van der Waals surface area contributed by atoms with Gasteiger partial charge in [0.05, 0.1) is 15.5 Å². The minimum atomic E-state index is -4.01. The Bertz CT molecular complexity index is 931. The molecule has 25 heavy (non-hydrogen) atoms. The summed E-state index contributed by atoms with van der Waals surface area (Å²) in [6.45, 7) is -0.596. The number of sulfonamides is 1. The highest BCUT2D eigenvalue weighted by Gasteiger charge is 2.18. The molecule has 0 atom stereocenters. The van der Waals surface area contributed by atoms with Crippen LogP contribution in [0.15, 0.2) is 47.4 Å². The van der Waals surface area contributed by atoms with Crippen LogP contribution < -0.4 is 10.5 Å². The number of anilines is 1. The van der Waals surface area contributed by atoms with E-state index in [1.807, 2.05) is 0 Å². The molecule has 10 heteroatoms. The van der Waals surface area contributed by atoms with Crippen LogP contribution in [0.5, 0.6) is 0 Å². The summed E-state index contributed by atoms with van der Waals surface area (Å²) < 4.78 is 27.5. The standard InChI is InChI=1S/C15H12Cl2N2O5S/c16-9-2-1-3-10(6-9)19-14(20)8-24-15(21)12-7-11(25(18,22)23)4-5-13(12)17/h1-7H,8H2,(H,19,20)(H2,18,22,23). The molecule has 0 aromatic heterocycles. The molecule has 0 spiro atoms. The summed E-state index contributed by atoms with van der Waals surface area (Å²) in [5.74, 6) is -1.56. The van der Waals surface area contributed by atoms with Gasteiger partial charge in [-0.15, -0.1) is 0 Å². The number of primary sulfonamides is 1. The quantitative estimate of drug-likeness (QED) is 0.744. The Morgan fingerprint density at radius 2 is 1.84 bits per heavy atom. The lowest BCUT2D eigenvalue weighted by molar-refractivity contribution is -0.119. The number of hydrogen-bond acceptors (Lipinski definition) is 5. The van der Waals surface area contributed by atoms with Gasteiger partial charge in [0.2, 0.25) is 10.0 Å². The maximum Gasteiger partial charge on any atom is 0.340 e. The Hall–Kier alpha value is -2.13. The number of halogens is 2. The zero-order valence-corrected chi connectivity index (χ0v) is 14.9. The first kappa shape index (κ1) is 19.2. The summed E-state index contributed by atoms with van der Waals surface area (Å²) >= 11 is 11.6. The van der Waals surface area contributed by atoms with Crippen molar-refractivity contribution in [2.75, 3.05) is 11.9 Å². The number of hydrogen-bond donors (Lipinski definition) is 2. The molecule has 0 saturated carbocycles. The first-order valence-electron chi connectivity index (χ1n) is 6.72. The minimum Gasteiger partial charge on any atom is -0.452 e. The van der Waals surface area contributed by atoms with Crippen LogP contribution in [0.4, 0.5) is 5.69 Å². The predicted molar refractivity (Wildman–Crippen MR) is 93.2 cm³/mol. The Morgan fingerprint density at radius 3 is 2.48 bits per heavy atom. The van der Waals surface area contributed by atoms with Crippen LogP contribution in [-0.2, 0) is 19.6 Å². The van der Waals surface area contributed by atoms with Crippen molar-refractivity contribution in [2.24, 2.45) is 5.14 Å². The van der Waals surface area contributed by atoms with Crippen LogP contribution in [0.2, 0.25) is 10.0 Å². The number of amides is 1. The molecule has 0 aliphatic rings. The molecule has 0 fully saturated rings. The van der Waals surface area contributed by atoms with Gasteiger partial charge in [-0.2, -0.15) is 0 Å². The van der Waals surface area contributed by atoms with Gasteiger partial charge in [0.15, 0.2) is 6.61 Å². The Labute approximate surface area is 153 Å². The van der Waals surface area contributed by atoms with Crippen molar-refractivity contribution in [1.29, 1.82) is 0 Å². The van der Waals surface area contributed by atoms with Gasteiger partial charge in [0, 0.05) is 10.7 Å². The average Bonchev–Trinajstić information content (AvgIpc) is 2.52. The summed E-state index contributed by atoms with van der Waals surface area (Å²) in [4.78, 5) is 23.5. The number of ether oxygens (including phenoxy) is 1. The number of carbonyl (C=O) groups is 2. The normalized spacial score (nSPS) is 11.0. The summed E-state index contributed by atoms with van der Waals surface area (Å²) in [5.41, 5.74) is 0.214. The van der Waals surface area contributed by atoms with E-state index < -0.39 is 28.5 Å². The third-order valence-electron chi connectivity index (χ3n) is 2.93. The Balaban J connectivity index is 2.04. The second kappa shape index (κ2) is 7.83. The fourth-order valence-corrected chi connectivity index (χ4v) is 2.73. The summed E-state index contributed by atoms with van der Waals surface area (Å²) in [6.07, 6.45) is 0. The average molecular weight is 403 g/mol. The van der Waals surface area contributed by atoms with E-state index in [-0.39, 0.29) is 15.5 Å². The molecule has 7 nitrogen and oxygen atoms in total. The van der Waals surface area contributed by atoms with E-state index in [0.717, 1.165) is 12.1 Å². The zero-order valence-electron chi connectivity index (χ0n) is 12.5. The summed E-state index contributed by atoms with van der Waals surface area (Å²) in [5, 5.41) is 7.89. The summed E-state index contributed by atoms with van der Waals surface area (Å²) in [6, 6.07) is 9.74. The molecule has 0 aliphatic carbocycles. The Kier molecular flexibility index (Phi) is 6.02. The van der Waals surface area contributed by atoms with Gasteiger partial charge in [-0.25, -0.2) is 18.4 Å². The van der Waals surface area contributed by atoms with Gasteiger partial charge in [-0.1, -0.05) is 29.3 Å². The van der Waals surface area contributed by atoms with E-state index in [9.17, 15) is 18.0 Å². The van der Waals surface area contributed by atoms with Crippen LogP contribution in [0.1, 0.15) is 10.4 Å². The predicted octanol–water partition coefficient (Wildman–Crippen LogP) is 2.44. The molecule has 1 amide bonds. The van der Waals surface area contributed by atoms with Crippen molar-refractivity contribution in [3.63, 3.8) is 0 Å². The van der Waals surface area contributed by atoms with E-state index in [2.05, 4.69) is 5.32 Å². The van der Waals surface area contributed by atoms with Crippen molar-refractivity contribution in [1.82, 2.24) is 0 Å². The molecule has 2 rings (SSSR count). The topological polar surface area (TPSA) is 116 Å². The fraction of sp³-hybridized carbons (Fsp3) is 0.0667. The molecule has 132 valence electrons. The number of nitrogens with two attached hydrogens (primary N) is 1. The van der Waals surface area contributed by atoms with Crippen molar-refractivity contribution < 1.29 is 22.7 Å². The van der Waals surface area contributed by atoms with E-state index in [4.69, 9.17) is 33.1 Å². The van der Waals surface area contributed by atoms with E-state index >= 15 is 0 Å². The van der Waals surface area contributed by atoms with Crippen LogP contribution >= 0.6 is 23.2 Å². The van der Waals surface area contributed by atoms with Crippen LogP contribution in [-0.4, -0.2) is 26.9 Å². The first-order chi connectivity index (χ1) is 11.7. The van der Waals surface area contributed by atoms with Gasteiger partial charge in [-0.3, -0.25) is 4.79 Å². The lowest BCUT2D eigenvalue weighted by Crippen LogP contribution is -2.21. The van der Waals surface area contributed by atoms with E-state index in [1.54, 1.807) is 18.2 Å². The monoisotopic (exact) mass is 402 g/mol. The third-order valence-corrected chi connectivity index (χ3v) is 4.40. The number of esters is 1. The van der Waals surface area contributed by atoms with Crippen LogP contribution in [0, 0.1) is 0 Å². The lowest BCUT2D eigenvalue weighted by atomic mass is 10.2. The maximum atomic E-state index is 12.0. The summed E-state index contributed by atoms with van der Waals surface area (Å²) in [7, 11) is -4.01. The maximum absolute atomic E-state index is 12.0. The molecule has 2 aromatic carbocycles. The first-order valence-corrected chi connectivity index (χ1v) is 9.02. The second-order valence-corrected chi connectivity index (χ2v) is 7.23. The van der Waals surface area contributed by atoms with Gasteiger partial charge >= 0.3 is 5.97 Å². The fourth-order valence-electron chi connectivity index (χ4n) is 1.81. The third kappa shape index (κ3) is 5.43. The van der Waals surface area contributed by atoms with Crippen molar-refractivity contribution in [3.8, 4) is 0 Å². The van der Waals surface area contributed by atoms with Gasteiger partial charge < -0.3 is 10.1 Å². The number of rotatable bonds is 5. The largest absolute Gasteiger partial charge is 0.452 e. The molecule has 0 heterocycles. The van der Waals surface area contributed by atoms with Crippen molar-refractivity contribution in [2.45, 2.75) is 4.90 Å². The van der Waals surface area contributed by atoms with Gasteiger partial charge in [0.1, 0.15) is 0 Å². The SMILES string of the molecule is NS(=O)(=O)c1ccc(Cl)c(C(=O)OCC(=O)Nc2cccc(Cl)c2)c1. The lowest BCUT2D eigenvalue weighted by Gasteiger charge is -2.08. The van der Waals surface area contributed by atoms with E-state index in [1.165, 1.54) is 12.1 Å². The van der Waals surface area contributed by atoms with Crippen LogP contribution in [0.3, 0.4) is 0 Å². The second-order valence-electron chi connectivity index (χ2n) is 4.82. The Morgan fingerprint density at radius 1 is 1.12 bits per heavy atom. The number of nitrogens with one attached hydrogen (secondary N) is 1. The molecule has 2 aromatic rings. The van der Waals surface area contributed by atoms with Gasteiger partial charge in [-0.05, 0) is 36.4 Å². The highest BCUT2D eigenvalue weighted by molar-refractivity contribution is 7.89. The number of benzene rings is 2. The minimum absolute atomic E-state index is 0.0346. The van der Waals surface area contributed by atoms with Gasteiger partial charge in [0.25, 0.3) is 5.91 Å². The van der Waals surface area contributed by atoms with Crippen molar-refractivity contribution >= 4 is 50.8 Å². The molecular formula is C15H12Cl2N2O5S. The van der Waals surface area contributed by atoms with E-state index in [0.29, 0.717) is 10.7 Å². The molecule has 0 radical (unpaired) electrons. The molecule has 0 bridgehead atoms. The zero-order chi connectivity index (χ0) is 18.6. The van der Waals surface area contributed by atoms with Crippen LogP contribution in [0.25, 0.3) is 0 Å². The molecule has 0 saturated heterocycles. The highest BCUT2D eigenvalue weighted by atomic mass is 35.5. The highest BCUT2D eigenvalue weighted by Crippen LogP contribution is 2.21. The van der Waals surface area contributed by atoms with Crippen molar-refractivity contribution in [3.05, 3.63) is 58.1 Å². The number of carbonyl (C=O) groups excluding carboxylic acids is 2. The molecular weight excluding hydrogens is 391 g/mol. The molecule has 3 N–H and O–H groups in total. The smallest absolute Gasteiger partial charge is 0.340 e. The molecule has 0 unspecified atom stereocenters.